The van der Waals surface area contributed by atoms with Gasteiger partial charge in [-0.2, -0.15) is 0 Å². The zero-order chi connectivity index (χ0) is 12.7. The van der Waals surface area contributed by atoms with Gasteiger partial charge in [-0.1, -0.05) is 38.1 Å². The van der Waals surface area contributed by atoms with E-state index in [4.69, 9.17) is 0 Å². The average Bonchev–Trinajstić information content (AvgIpc) is 2.30. The lowest BCUT2D eigenvalue weighted by Crippen LogP contribution is -2.11. The van der Waals surface area contributed by atoms with E-state index in [9.17, 15) is 4.79 Å². The van der Waals surface area contributed by atoms with E-state index in [0.29, 0.717) is 24.5 Å². The lowest BCUT2D eigenvalue weighted by atomic mass is 9.99. The predicted molar refractivity (Wildman–Crippen MR) is 72.4 cm³/mol. The summed E-state index contributed by atoms with van der Waals surface area (Å²) in [4.78, 5) is 11.7. The normalized spacial score (nSPS) is 10.8. The molecular formula is C15H23NO. The van der Waals surface area contributed by atoms with Crippen molar-refractivity contribution in [1.29, 1.82) is 0 Å². The summed E-state index contributed by atoms with van der Waals surface area (Å²) in [7, 11) is 1.91. The highest BCUT2D eigenvalue weighted by Crippen LogP contribution is 2.15. The first-order valence-electron chi connectivity index (χ1n) is 6.38. The van der Waals surface area contributed by atoms with Crippen molar-refractivity contribution in [3.8, 4) is 0 Å². The summed E-state index contributed by atoms with van der Waals surface area (Å²) >= 11 is 0. The summed E-state index contributed by atoms with van der Waals surface area (Å²) in [5.74, 6) is 0.882. The van der Waals surface area contributed by atoms with Gasteiger partial charge >= 0.3 is 0 Å². The smallest absolute Gasteiger partial charge is 0.137 e. The fourth-order valence-corrected chi connectivity index (χ4v) is 1.80. The quantitative estimate of drug-likeness (QED) is 0.734. The van der Waals surface area contributed by atoms with Gasteiger partial charge in [0.2, 0.25) is 0 Å². The Morgan fingerprint density at radius 2 is 1.88 bits per heavy atom. The Bertz CT molecular complexity index is 340. The van der Waals surface area contributed by atoms with Gasteiger partial charge in [-0.05, 0) is 37.1 Å². The average molecular weight is 233 g/mol. The first-order valence-corrected chi connectivity index (χ1v) is 6.38. The summed E-state index contributed by atoms with van der Waals surface area (Å²) in [6.45, 7) is 5.27. The van der Waals surface area contributed by atoms with Gasteiger partial charge in [0.25, 0.3) is 0 Å². The maximum atomic E-state index is 11.7. The van der Waals surface area contributed by atoms with Crippen molar-refractivity contribution < 1.29 is 4.79 Å². The molecule has 94 valence electrons. The molecule has 2 nitrogen and oxygen atoms in total. The second-order valence-electron chi connectivity index (χ2n) is 4.82. The third-order valence-electron chi connectivity index (χ3n) is 2.93. The number of rotatable bonds is 7. The molecule has 0 atom stereocenters. The van der Waals surface area contributed by atoms with Crippen LogP contribution in [0.5, 0.6) is 0 Å². The van der Waals surface area contributed by atoms with Crippen LogP contribution in [-0.4, -0.2) is 19.4 Å². The molecule has 0 aliphatic rings. The lowest BCUT2D eigenvalue weighted by Gasteiger charge is -2.06. The van der Waals surface area contributed by atoms with E-state index in [2.05, 4.69) is 43.4 Å². The molecule has 0 radical (unpaired) electrons. The SMILES string of the molecule is CNCCCC(=O)Cc1ccc(C(C)C)cc1. The lowest BCUT2D eigenvalue weighted by molar-refractivity contribution is -0.118. The second-order valence-corrected chi connectivity index (χ2v) is 4.82. The molecule has 1 N–H and O–H groups in total. The maximum absolute atomic E-state index is 11.7. The largest absolute Gasteiger partial charge is 0.320 e. The van der Waals surface area contributed by atoms with Crippen molar-refractivity contribution in [1.82, 2.24) is 5.32 Å². The molecule has 0 unspecified atom stereocenters. The Morgan fingerprint density at radius 1 is 1.24 bits per heavy atom. The highest BCUT2D eigenvalue weighted by molar-refractivity contribution is 5.80. The number of carbonyl (C=O) groups excluding carboxylic acids is 1. The minimum atomic E-state index is 0.331. The molecule has 1 aromatic rings. The maximum Gasteiger partial charge on any atom is 0.137 e. The zero-order valence-electron chi connectivity index (χ0n) is 11.1. The molecule has 0 aliphatic heterocycles. The highest BCUT2D eigenvalue weighted by atomic mass is 16.1. The first kappa shape index (κ1) is 13.9. The van der Waals surface area contributed by atoms with Crippen LogP contribution in [0, 0.1) is 0 Å². The predicted octanol–water partition coefficient (Wildman–Crippen LogP) is 2.92. The van der Waals surface area contributed by atoms with Crippen molar-refractivity contribution in [2.45, 2.75) is 39.0 Å². The van der Waals surface area contributed by atoms with Crippen molar-refractivity contribution in [2.75, 3.05) is 13.6 Å². The van der Waals surface area contributed by atoms with Gasteiger partial charge < -0.3 is 5.32 Å². The molecule has 0 fully saturated rings. The van der Waals surface area contributed by atoms with Gasteiger partial charge in [0.1, 0.15) is 5.78 Å². The molecule has 0 saturated heterocycles. The third-order valence-corrected chi connectivity index (χ3v) is 2.93. The van der Waals surface area contributed by atoms with E-state index in [-0.39, 0.29) is 0 Å². The van der Waals surface area contributed by atoms with Gasteiger partial charge in [-0.3, -0.25) is 4.79 Å². The number of Topliss-reactive ketones (excluding diaryl/α,β-unsaturated/α-hetero) is 1. The van der Waals surface area contributed by atoms with Gasteiger partial charge in [0.15, 0.2) is 0 Å². The molecule has 0 saturated carbocycles. The topological polar surface area (TPSA) is 29.1 Å². The van der Waals surface area contributed by atoms with E-state index in [1.807, 2.05) is 7.05 Å². The van der Waals surface area contributed by atoms with Crippen molar-refractivity contribution in [3.63, 3.8) is 0 Å². The van der Waals surface area contributed by atoms with Crippen molar-refractivity contribution in [3.05, 3.63) is 35.4 Å². The molecule has 0 bridgehead atoms. The molecule has 2 heteroatoms. The van der Waals surface area contributed by atoms with Gasteiger partial charge in [0, 0.05) is 12.8 Å². The summed E-state index contributed by atoms with van der Waals surface area (Å²) in [5, 5.41) is 3.05. The number of benzene rings is 1. The number of carbonyl (C=O) groups is 1. The monoisotopic (exact) mass is 233 g/mol. The van der Waals surface area contributed by atoms with Crippen LogP contribution in [0.1, 0.15) is 43.7 Å². The molecule has 0 aromatic heterocycles. The van der Waals surface area contributed by atoms with Gasteiger partial charge in [-0.15, -0.1) is 0 Å². The van der Waals surface area contributed by atoms with Crippen molar-refractivity contribution in [2.24, 2.45) is 0 Å². The summed E-state index contributed by atoms with van der Waals surface area (Å²) in [5.41, 5.74) is 2.46. The molecule has 1 aromatic carbocycles. The van der Waals surface area contributed by atoms with E-state index >= 15 is 0 Å². The van der Waals surface area contributed by atoms with Gasteiger partial charge in [-0.25, -0.2) is 0 Å². The van der Waals surface area contributed by atoms with E-state index < -0.39 is 0 Å². The van der Waals surface area contributed by atoms with E-state index in [1.165, 1.54) is 5.56 Å². The van der Waals surface area contributed by atoms with Crippen LogP contribution in [-0.2, 0) is 11.2 Å². The van der Waals surface area contributed by atoms with Crippen LogP contribution in [0.15, 0.2) is 24.3 Å². The fourth-order valence-electron chi connectivity index (χ4n) is 1.80. The minimum absolute atomic E-state index is 0.331. The van der Waals surface area contributed by atoms with Gasteiger partial charge in [0.05, 0.1) is 0 Å². The van der Waals surface area contributed by atoms with Crippen LogP contribution in [0.2, 0.25) is 0 Å². The van der Waals surface area contributed by atoms with Crippen LogP contribution in [0.25, 0.3) is 0 Å². The Morgan fingerprint density at radius 3 is 2.41 bits per heavy atom. The van der Waals surface area contributed by atoms with Crippen LogP contribution in [0.3, 0.4) is 0 Å². The second kappa shape index (κ2) is 7.23. The highest BCUT2D eigenvalue weighted by Gasteiger charge is 2.04. The molecule has 0 heterocycles. The Kier molecular flexibility index (Phi) is 5.92. The first-order chi connectivity index (χ1) is 8.13. The standard InChI is InChI=1S/C15H23NO/c1-12(2)14-8-6-13(7-9-14)11-15(17)5-4-10-16-3/h6-9,12,16H,4-5,10-11H2,1-3H3. The number of hydrogen-bond donors (Lipinski definition) is 1. The molecule has 0 aliphatic carbocycles. The summed E-state index contributed by atoms with van der Waals surface area (Å²) in [6.07, 6.45) is 2.17. The van der Waals surface area contributed by atoms with Crippen LogP contribution < -0.4 is 5.32 Å². The fraction of sp³-hybridized carbons (Fsp3) is 0.533. The Hall–Kier alpha value is -1.15. The minimum Gasteiger partial charge on any atom is -0.320 e. The molecular weight excluding hydrogens is 210 g/mol. The van der Waals surface area contributed by atoms with E-state index in [1.54, 1.807) is 0 Å². The zero-order valence-corrected chi connectivity index (χ0v) is 11.1. The Balaban J connectivity index is 2.43. The van der Waals surface area contributed by atoms with Crippen molar-refractivity contribution >= 4 is 5.78 Å². The molecule has 17 heavy (non-hydrogen) atoms. The number of nitrogens with one attached hydrogen (secondary N) is 1. The Labute approximate surface area is 104 Å². The van der Waals surface area contributed by atoms with Crippen LogP contribution >= 0.6 is 0 Å². The number of ketones is 1. The molecule has 0 spiro atoms. The number of hydrogen-bond acceptors (Lipinski definition) is 2. The third kappa shape index (κ3) is 5.14. The summed E-state index contributed by atoms with van der Waals surface area (Å²) < 4.78 is 0. The summed E-state index contributed by atoms with van der Waals surface area (Å²) in [6, 6.07) is 8.40. The van der Waals surface area contributed by atoms with E-state index in [0.717, 1.165) is 18.5 Å². The van der Waals surface area contributed by atoms with Crippen LogP contribution in [0.4, 0.5) is 0 Å². The molecule has 0 amide bonds. The molecule has 1 rings (SSSR count).